The number of sulfone groups is 1. The van der Waals surface area contributed by atoms with E-state index in [1.54, 1.807) is 24.3 Å². The van der Waals surface area contributed by atoms with E-state index >= 15 is 0 Å². The van der Waals surface area contributed by atoms with Crippen molar-refractivity contribution in [1.29, 1.82) is 0 Å². The molecule has 2 aromatic carbocycles. The van der Waals surface area contributed by atoms with Crippen molar-refractivity contribution < 1.29 is 32.2 Å². The Bertz CT molecular complexity index is 1190. The molecule has 0 saturated heterocycles. The van der Waals surface area contributed by atoms with Gasteiger partial charge in [0.25, 0.3) is 0 Å². The third-order valence-electron chi connectivity index (χ3n) is 4.88. The van der Waals surface area contributed by atoms with Crippen LogP contribution >= 0.6 is 11.6 Å². The molecule has 0 saturated carbocycles. The number of benzene rings is 2. The lowest BCUT2D eigenvalue weighted by Gasteiger charge is -2.29. The molecule has 0 aromatic heterocycles. The van der Waals surface area contributed by atoms with Crippen LogP contribution in [0.4, 0.5) is 4.79 Å². The van der Waals surface area contributed by atoms with E-state index < -0.39 is 33.6 Å². The molecule has 2 amide bonds. The summed E-state index contributed by atoms with van der Waals surface area (Å²) in [4.78, 5) is 24.9. The van der Waals surface area contributed by atoms with Crippen molar-refractivity contribution in [1.82, 2.24) is 10.6 Å². The van der Waals surface area contributed by atoms with Crippen molar-refractivity contribution in [3.05, 3.63) is 64.3 Å². The van der Waals surface area contributed by atoms with Gasteiger partial charge in [-0.25, -0.2) is 18.0 Å². The highest BCUT2D eigenvalue weighted by Crippen LogP contribution is 2.33. The Morgan fingerprint density at radius 3 is 2.42 bits per heavy atom. The minimum atomic E-state index is -4.08. The summed E-state index contributed by atoms with van der Waals surface area (Å²) in [5, 5.41) is 5.28. The van der Waals surface area contributed by atoms with E-state index in [0.717, 1.165) is 0 Å². The second-order valence-corrected chi connectivity index (χ2v) is 9.37. The van der Waals surface area contributed by atoms with Gasteiger partial charge in [-0.15, -0.1) is 0 Å². The Kier molecular flexibility index (Phi) is 7.50. The summed E-state index contributed by atoms with van der Waals surface area (Å²) in [5.74, 6) is -0.775. The van der Waals surface area contributed by atoms with E-state index in [2.05, 4.69) is 10.6 Å². The number of methoxy groups -OCH3 is 2. The molecule has 9 nitrogen and oxygen atoms in total. The zero-order valence-electron chi connectivity index (χ0n) is 18.2. The Hall–Kier alpha value is -3.24. The predicted octanol–water partition coefficient (Wildman–Crippen LogP) is 3.00. The van der Waals surface area contributed by atoms with E-state index in [1.807, 2.05) is 6.92 Å². The molecule has 0 fully saturated rings. The molecule has 33 heavy (non-hydrogen) atoms. The number of ether oxygens (including phenoxy) is 3. The Morgan fingerprint density at radius 2 is 1.82 bits per heavy atom. The van der Waals surface area contributed by atoms with Crippen LogP contribution in [0.1, 0.15) is 18.5 Å². The first-order valence-electron chi connectivity index (χ1n) is 9.88. The Labute approximate surface area is 196 Å². The number of hydrogen-bond acceptors (Lipinski definition) is 7. The van der Waals surface area contributed by atoms with Crippen molar-refractivity contribution in [3.63, 3.8) is 0 Å². The van der Waals surface area contributed by atoms with Gasteiger partial charge in [-0.2, -0.15) is 0 Å². The van der Waals surface area contributed by atoms with Gasteiger partial charge in [-0.05, 0) is 42.8 Å². The smallest absolute Gasteiger partial charge is 0.338 e. The van der Waals surface area contributed by atoms with Crippen molar-refractivity contribution >= 4 is 33.4 Å². The number of amides is 2. The van der Waals surface area contributed by atoms with Gasteiger partial charge in [-0.1, -0.05) is 23.7 Å². The van der Waals surface area contributed by atoms with Crippen molar-refractivity contribution in [2.75, 3.05) is 26.6 Å². The highest BCUT2D eigenvalue weighted by molar-refractivity contribution is 7.91. The normalized spacial score (nSPS) is 16.0. The molecule has 0 spiro atoms. The Morgan fingerprint density at radius 1 is 1.12 bits per heavy atom. The second-order valence-electron chi connectivity index (χ2n) is 6.97. The summed E-state index contributed by atoms with van der Waals surface area (Å²) < 4.78 is 42.0. The molecule has 1 heterocycles. The molecule has 2 N–H and O–H groups in total. The first kappa shape index (κ1) is 24.4. The molecule has 0 aliphatic carbocycles. The summed E-state index contributed by atoms with van der Waals surface area (Å²) in [7, 11) is -1.58. The first-order valence-corrected chi connectivity index (χ1v) is 11.9. The molecule has 0 radical (unpaired) electrons. The summed E-state index contributed by atoms with van der Waals surface area (Å²) in [6, 6.07) is 9.30. The molecule has 2 aromatic rings. The maximum Gasteiger partial charge on any atom is 0.338 e. The lowest BCUT2D eigenvalue weighted by atomic mass is 9.95. The average Bonchev–Trinajstić information content (AvgIpc) is 2.78. The molecule has 11 heteroatoms. The number of carbonyl (C=O) groups excluding carboxylic acids is 2. The van der Waals surface area contributed by atoms with Gasteiger partial charge in [0.15, 0.2) is 9.84 Å². The van der Waals surface area contributed by atoms with Crippen LogP contribution in [0.15, 0.2) is 58.6 Å². The van der Waals surface area contributed by atoms with E-state index in [1.165, 1.54) is 32.4 Å². The van der Waals surface area contributed by atoms with E-state index in [-0.39, 0.29) is 26.9 Å². The van der Waals surface area contributed by atoms with Crippen LogP contribution in [0.3, 0.4) is 0 Å². The number of halogens is 1. The van der Waals surface area contributed by atoms with E-state index in [0.29, 0.717) is 17.9 Å². The second kappa shape index (κ2) is 10.1. The third-order valence-corrected chi connectivity index (χ3v) is 6.77. The number of carbonyl (C=O) groups is 2. The van der Waals surface area contributed by atoms with Crippen molar-refractivity contribution in [2.45, 2.75) is 17.9 Å². The topological polar surface area (TPSA) is 120 Å². The van der Waals surface area contributed by atoms with Gasteiger partial charge in [0.2, 0.25) is 0 Å². The molecule has 0 bridgehead atoms. The highest BCUT2D eigenvalue weighted by Gasteiger charge is 2.36. The zero-order chi connectivity index (χ0) is 24.2. The quantitative estimate of drug-likeness (QED) is 0.541. The van der Waals surface area contributed by atoms with Crippen LogP contribution < -0.4 is 20.1 Å². The predicted molar refractivity (Wildman–Crippen MR) is 121 cm³/mol. The number of esters is 1. The third kappa shape index (κ3) is 5.40. The van der Waals surface area contributed by atoms with E-state index in [9.17, 15) is 18.0 Å². The lowest BCUT2D eigenvalue weighted by molar-refractivity contribution is -0.136. The van der Waals surface area contributed by atoms with Crippen LogP contribution in [0.2, 0.25) is 5.02 Å². The highest BCUT2D eigenvalue weighted by atomic mass is 35.5. The Balaban J connectivity index is 2.09. The van der Waals surface area contributed by atoms with Crippen LogP contribution in [-0.2, 0) is 19.4 Å². The van der Waals surface area contributed by atoms with Gasteiger partial charge >= 0.3 is 12.0 Å². The monoisotopic (exact) mass is 494 g/mol. The molecule has 1 atom stereocenters. The fourth-order valence-corrected chi connectivity index (χ4v) is 5.18. The van der Waals surface area contributed by atoms with Gasteiger partial charge in [0, 0.05) is 10.7 Å². The van der Waals surface area contributed by atoms with Crippen molar-refractivity contribution in [3.8, 4) is 11.5 Å². The SMILES string of the molecule is CCOc1ccc(C2NC(=O)NC(CS(=O)(=O)c3cc(Cl)ccc3OC)=C2C(=O)OC)cc1. The van der Waals surface area contributed by atoms with Gasteiger partial charge in [0.05, 0.1) is 38.2 Å². The number of urea groups is 1. The molecule has 1 aliphatic rings. The first-order chi connectivity index (χ1) is 15.7. The fourth-order valence-electron chi connectivity index (χ4n) is 3.42. The standard InChI is InChI=1S/C22H23ClN2O7S/c1-4-32-15-8-5-13(6-9-15)20-19(21(26)31-3)16(24-22(27)25-20)12-33(28,29)18-11-14(23)7-10-17(18)30-2/h5-11,20H,4,12H2,1-3H3,(H2,24,25,27). The van der Waals surface area contributed by atoms with Gasteiger partial charge in [-0.3, -0.25) is 0 Å². The molecule has 1 aliphatic heterocycles. The van der Waals surface area contributed by atoms with Gasteiger partial charge in [0.1, 0.15) is 16.4 Å². The molecule has 176 valence electrons. The summed E-state index contributed by atoms with van der Waals surface area (Å²) >= 11 is 5.99. The van der Waals surface area contributed by atoms with Crippen LogP contribution in [-0.4, -0.2) is 47.0 Å². The number of hydrogen-bond donors (Lipinski definition) is 2. The van der Waals surface area contributed by atoms with Crippen LogP contribution in [0.25, 0.3) is 0 Å². The maximum atomic E-state index is 13.2. The minimum Gasteiger partial charge on any atom is -0.495 e. The summed E-state index contributed by atoms with van der Waals surface area (Å²) in [6.07, 6.45) is 0. The summed E-state index contributed by atoms with van der Waals surface area (Å²) in [6.45, 7) is 2.33. The molecule has 1 unspecified atom stereocenters. The number of rotatable bonds is 8. The van der Waals surface area contributed by atoms with Crippen LogP contribution in [0.5, 0.6) is 11.5 Å². The minimum absolute atomic E-state index is 0.0363. The average molecular weight is 495 g/mol. The zero-order valence-corrected chi connectivity index (χ0v) is 19.7. The number of nitrogens with one attached hydrogen (secondary N) is 2. The lowest BCUT2D eigenvalue weighted by Crippen LogP contribution is -2.47. The maximum absolute atomic E-state index is 13.2. The largest absolute Gasteiger partial charge is 0.495 e. The van der Waals surface area contributed by atoms with Gasteiger partial charge < -0.3 is 24.8 Å². The van der Waals surface area contributed by atoms with E-state index in [4.69, 9.17) is 25.8 Å². The fraction of sp³-hybridized carbons (Fsp3) is 0.273. The molecular formula is C22H23ClN2O7S. The van der Waals surface area contributed by atoms with Crippen LogP contribution in [0, 0.1) is 0 Å². The van der Waals surface area contributed by atoms with Crippen molar-refractivity contribution in [2.24, 2.45) is 0 Å². The molecular weight excluding hydrogens is 472 g/mol. The molecule has 3 rings (SSSR count). The summed E-state index contributed by atoms with van der Waals surface area (Å²) in [5.41, 5.74) is 0.404.